The van der Waals surface area contributed by atoms with E-state index in [4.69, 9.17) is 15.2 Å². The van der Waals surface area contributed by atoms with Crippen LogP contribution in [-0.2, 0) is 14.3 Å². The van der Waals surface area contributed by atoms with E-state index in [-0.39, 0.29) is 23.9 Å². The second-order valence-electron chi connectivity index (χ2n) is 6.81. The number of ether oxygens (including phenoxy) is 2. The molecule has 2 unspecified atom stereocenters. The van der Waals surface area contributed by atoms with Gasteiger partial charge in [-0.2, -0.15) is 0 Å². The van der Waals surface area contributed by atoms with Crippen molar-refractivity contribution in [3.8, 4) is 0 Å². The number of esters is 1. The minimum atomic E-state index is -0.324. The number of carbonyl (C=O) groups excluding carboxylic acids is 1. The Labute approximate surface area is 114 Å². The zero-order valence-electron chi connectivity index (χ0n) is 11.6. The zero-order valence-corrected chi connectivity index (χ0v) is 11.6. The van der Waals surface area contributed by atoms with Crippen molar-refractivity contribution in [2.45, 2.75) is 56.7 Å². The molecule has 0 radical (unpaired) electrons. The Balaban J connectivity index is 1.83. The molecule has 0 aliphatic heterocycles. The van der Waals surface area contributed by atoms with Gasteiger partial charge in [-0.3, -0.25) is 0 Å². The van der Waals surface area contributed by atoms with Gasteiger partial charge in [0.15, 0.2) is 0 Å². The average Bonchev–Trinajstić information content (AvgIpc) is 2.25. The summed E-state index contributed by atoms with van der Waals surface area (Å²) >= 11 is 0. The Hall–Kier alpha value is -0.870. The van der Waals surface area contributed by atoms with Gasteiger partial charge in [-0.15, -0.1) is 0 Å². The van der Waals surface area contributed by atoms with E-state index < -0.39 is 0 Å². The molecule has 4 heteroatoms. The van der Waals surface area contributed by atoms with E-state index >= 15 is 0 Å². The van der Waals surface area contributed by atoms with Crippen LogP contribution in [-0.4, -0.2) is 23.9 Å². The fourth-order valence-electron chi connectivity index (χ4n) is 4.84. The van der Waals surface area contributed by atoms with Crippen LogP contribution < -0.4 is 5.73 Å². The molecule has 0 aromatic rings. The van der Waals surface area contributed by atoms with Crippen molar-refractivity contribution in [1.29, 1.82) is 0 Å². The number of nitrogens with two attached hydrogens (primary N) is 1. The van der Waals surface area contributed by atoms with Crippen molar-refractivity contribution >= 4 is 5.97 Å². The van der Waals surface area contributed by atoms with Crippen LogP contribution in [0.3, 0.4) is 0 Å². The van der Waals surface area contributed by atoms with Gasteiger partial charge in [0, 0.05) is 12.0 Å². The number of hydrogen-bond donors (Lipinski definition) is 1. The molecule has 0 aromatic heterocycles. The predicted molar refractivity (Wildman–Crippen MR) is 71.2 cm³/mol. The number of hydrogen-bond acceptors (Lipinski definition) is 4. The summed E-state index contributed by atoms with van der Waals surface area (Å²) in [6.07, 6.45) is 6.18. The van der Waals surface area contributed by atoms with E-state index in [0.717, 1.165) is 32.1 Å². The molecule has 2 N–H and O–H groups in total. The highest BCUT2D eigenvalue weighted by Gasteiger charge is 2.60. The van der Waals surface area contributed by atoms with Gasteiger partial charge in [-0.25, -0.2) is 4.79 Å². The van der Waals surface area contributed by atoms with Gasteiger partial charge in [0.05, 0.1) is 12.3 Å². The molecule has 4 rings (SSSR count). The van der Waals surface area contributed by atoms with Gasteiger partial charge in [-0.05, 0) is 50.9 Å². The lowest BCUT2D eigenvalue weighted by Gasteiger charge is -2.60. The highest BCUT2D eigenvalue weighted by molar-refractivity contribution is 5.87. The molecular formula is C15H23NO3. The monoisotopic (exact) mass is 265 g/mol. The molecule has 4 aliphatic carbocycles. The summed E-state index contributed by atoms with van der Waals surface area (Å²) < 4.78 is 11.7. The van der Waals surface area contributed by atoms with Crippen LogP contribution in [0.2, 0.25) is 0 Å². The van der Waals surface area contributed by atoms with Gasteiger partial charge in [-0.1, -0.05) is 6.58 Å². The molecule has 0 saturated heterocycles. The van der Waals surface area contributed by atoms with E-state index in [1.165, 1.54) is 6.42 Å². The molecule has 4 nitrogen and oxygen atoms in total. The van der Waals surface area contributed by atoms with Crippen molar-refractivity contribution in [3.05, 3.63) is 12.2 Å². The molecular weight excluding hydrogens is 242 g/mol. The third-order valence-electron chi connectivity index (χ3n) is 5.00. The Bertz CT molecular complexity index is 404. The van der Waals surface area contributed by atoms with E-state index in [9.17, 15) is 4.79 Å². The van der Waals surface area contributed by atoms with Crippen LogP contribution in [0.25, 0.3) is 0 Å². The largest absolute Gasteiger partial charge is 0.456 e. The number of carbonyl (C=O) groups is 1. The Morgan fingerprint density at radius 1 is 1.26 bits per heavy atom. The standard InChI is InChI=1S/C15H23NO3/c1-10(2)13(17)19-15-6-11-3-12(7-15)5-14(4-11,8-15)18-9-16/h11-12H,1,3-9,16H2,2H3. The molecule has 4 bridgehead atoms. The minimum Gasteiger partial charge on any atom is -0.456 e. The molecule has 0 heterocycles. The maximum Gasteiger partial charge on any atom is 0.333 e. The zero-order chi connectivity index (χ0) is 13.7. The summed E-state index contributed by atoms with van der Waals surface area (Å²) in [5, 5.41) is 0. The van der Waals surface area contributed by atoms with Gasteiger partial charge in [0.25, 0.3) is 0 Å². The highest BCUT2D eigenvalue weighted by Crippen LogP contribution is 2.60. The average molecular weight is 265 g/mol. The summed E-state index contributed by atoms with van der Waals surface area (Å²) in [5.41, 5.74) is 5.61. The minimum absolute atomic E-state index is 0.145. The second-order valence-corrected chi connectivity index (χ2v) is 6.81. The smallest absolute Gasteiger partial charge is 0.333 e. The van der Waals surface area contributed by atoms with E-state index in [2.05, 4.69) is 6.58 Å². The molecule has 19 heavy (non-hydrogen) atoms. The predicted octanol–water partition coefficient (Wildman–Crippen LogP) is 2.13. The van der Waals surface area contributed by atoms with E-state index in [1.807, 2.05) is 0 Å². The van der Waals surface area contributed by atoms with Crippen molar-refractivity contribution in [1.82, 2.24) is 0 Å². The van der Waals surface area contributed by atoms with E-state index in [1.54, 1.807) is 6.92 Å². The topological polar surface area (TPSA) is 61.5 Å². The van der Waals surface area contributed by atoms with Crippen LogP contribution in [0, 0.1) is 11.8 Å². The lowest BCUT2D eigenvalue weighted by Crippen LogP contribution is -2.61. The summed E-state index contributed by atoms with van der Waals surface area (Å²) in [5.74, 6) is 0.973. The summed E-state index contributed by atoms with van der Waals surface area (Å²) in [6, 6.07) is 0. The fraction of sp³-hybridized carbons (Fsp3) is 0.800. The van der Waals surface area contributed by atoms with Gasteiger partial charge in [0.1, 0.15) is 5.60 Å². The SMILES string of the molecule is C=C(C)C(=O)OC12CC3CC(CC(OCN)(C3)C1)C2. The van der Waals surface area contributed by atoms with Crippen LogP contribution in [0.15, 0.2) is 12.2 Å². The quantitative estimate of drug-likeness (QED) is 0.480. The maximum atomic E-state index is 11.9. The first kappa shape index (κ1) is 13.1. The van der Waals surface area contributed by atoms with Crippen LogP contribution >= 0.6 is 0 Å². The summed E-state index contributed by atoms with van der Waals surface area (Å²) in [7, 11) is 0. The molecule has 4 aliphatic rings. The Morgan fingerprint density at radius 2 is 1.84 bits per heavy atom. The molecule has 0 amide bonds. The number of rotatable bonds is 4. The first-order valence-corrected chi connectivity index (χ1v) is 7.19. The van der Waals surface area contributed by atoms with Gasteiger partial charge < -0.3 is 15.2 Å². The van der Waals surface area contributed by atoms with Crippen molar-refractivity contribution in [3.63, 3.8) is 0 Å². The second kappa shape index (κ2) is 4.32. The molecule has 0 spiro atoms. The van der Waals surface area contributed by atoms with Crippen LogP contribution in [0.4, 0.5) is 0 Å². The van der Waals surface area contributed by atoms with Crippen molar-refractivity contribution < 1.29 is 14.3 Å². The first-order chi connectivity index (χ1) is 8.96. The van der Waals surface area contributed by atoms with Gasteiger partial charge >= 0.3 is 5.97 Å². The first-order valence-electron chi connectivity index (χ1n) is 7.19. The lowest BCUT2D eigenvalue weighted by molar-refractivity contribution is -0.231. The molecule has 4 fully saturated rings. The lowest BCUT2D eigenvalue weighted by atomic mass is 9.52. The third kappa shape index (κ3) is 2.21. The van der Waals surface area contributed by atoms with Crippen LogP contribution in [0.5, 0.6) is 0 Å². The molecule has 2 atom stereocenters. The summed E-state index contributed by atoms with van der Waals surface area (Å²) in [6.45, 7) is 5.64. The van der Waals surface area contributed by atoms with Crippen molar-refractivity contribution in [2.24, 2.45) is 17.6 Å². The molecule has 106 valence electrons. The summed E-state index contributed by atoms with van der Waals surface area (Å²) in [4.78, 5) is 11.9. The molecule has 0 aromatic carbocycles. The Kier molecular flexibility index (Phi) is 2.98. The van der Waals surface area contributed by atoms with Crippen molar-refractivity contribution in [2.75, 3.05) is 6.73 Å². The highest BCUT2D eigenvalue weighted by atomic mass is 16.6. The Morgan fingerprint density at radius 3 is 2.37 bits per heavy atom. The molecule has 4 saturated carbocycles. The fourth-order valence-corrected chi connectivity index (χ4v) is 4.84. The van der Waals surface area contributed by atoms with Crippen LogP contribution in [0.1, 0.15) is 45.4 Å². The maximum absolute atomic E-state index is 11.9. The van der Waals surface area contributed by atoms with Gasteiger partial charge in [0.2, 0.25) is 0 Å². The van der Waals surface area contributed by atoms with E-state index in [0.29, 0.717) is 17.4 Å². The normalized spacial score (nSPS) is 43.3. The third-order valence-corrected chi connectivity index (χ3v) is 5.00.